The van der Waals surface area contributed by atoms with Crippen molar-refractivity contribution in [3.05, 3.63) is 70.7 Å². The van der Waals surface area contributed by atoms with Crippen LogP contribution in [0, 0.1) is 0 Å². The van der Waals surface area contributed by atoms with Gasteiger partial charge >= 0.3 is 0 Å². The van der Waals surface area contributed by atoms with E-state index in [0.29, 0.717) is 0 Å². The maximum Gasteiger partial charge on any atom is 0.143 e. The molecule has 23 heavy (non-hydrogen) atoms. The summed E-state index contributed by atoms with van der Waals surface area (Å²) in [5.74, 6) is 0.998. The van der Waals surface area contributed by atoms with Crippen LogP contribution < -0.4 is 0 Å². The van der Waals surface area contributed by atoms with Crippen molar-refractivity contribution in [1.29, 1.82) is 0 Å². The summed E-state index contributed by atoms with van der Waals surface area (Å²) in [7, 11) is 0. The first-order valence-electron chi connectivity index (χ1n) is 7.64. The van der Waals surface area contributed by atoms with E-state index in [0.717, 1.165) is 48.1 Å². The summed E-state index contributed by atoms with van der Waals surface area (Å²) >= 11 is 5.97. The highest BCUT2D eigenvalue weighted by Gasteiger charge is 2.24. The lowest BCUT2D eigenvalue weighted by molar-refractivity contribution is 0.228. The molecule has 0 bridgehead atoms. The van der Waals surface area contributed by atoms with Crippen LogP contribution in [0.3, 0.4) is 0 Å². The fourth-order valence-corrected chi connectivity index (χ4v) is 3.11. The summed E-state index contributed by atoms with van der Waals surface area (Å²) in [6, 6.07) is 11.8. The van der Waals surface area contributed by atoms with Crippen LogP contribution in [0.25, 0.3) is 11.3 Å². The van der Waals surface area contributed by atoms with Gasteiger partial charge in [0.15, 0.2) is 0 Å². The van der Waals surface area contributed by atoms with Gasteiger partial charge in [-0.1, -0.05) is 35.0 Å². The summed E-state index contributed by atoms with van der Waals surface area (Å²) in [6.07, 6.45) is 4.61. The quantitative estimate of drug-likeness (QED) is 0.731. The fraction of sp³-hybridized carbons (Fsp3) is 0.222. The Morgan fingerprint density at radius 1 is 1.17 bits per heavy atom. The lowest BCUT2D eigenvalue weighted by Crippen LogP contribution is -2.29. The molecule has 0 radical (unpaired) electrons. The average molecular weight is 326 g/mol. The summed E-state index contributed by atoms with van der Waals surface area (Å²) in [5, 5.41) is 5.01. The minimum absolute atomic E-state index is 0.726. The van der Waals surface area contributed by atoms with Crippen LogP contribution in [0.5, 0.6) is 0 Å². The maximum atomic E-state index is 5.97. The van der Waals surface area contributed by atoms with Crippen molar-refractivity contribution < 1.29 is 4.52 Å². The third kappa shape index (κ3) is 3.00. The smallest absolute Gasteiger partial charge is 0.143 e. The van der Waals surface area contributed by atoms with E-state index >= 15 is 0 Å². The van der Waals surface area contributed by atoms with Gasteiger partial charge in [-0.2, -0.15) is 0 Å². The first-order valence-corrected chi connectivity index (χ1v) is 8.02. The number of nitrogens with zero attached hydrogens (tertiary/aromatic N) is 3. The molecule has 0 saturated carbocycles. The molecule has 116 valence electrons. The molecule has 1 aromatic carbocycles. The zero-order valence-corrected chi connectivity index (χ0v) is 13.3. The van der Waals surface area contributed by atoms with Crippen LogP contribution in [0.1, 0.15) is 16.9 Å². The van der Waals surface area contributed by atoms with Gasteiger partial charge in [-0.25, -0.2) is 0 Å². The highest BCUT2D eigenvalue weighted by atomic mass is 35.5. The van der Waals surface area contributed by atoms with E-state index in [1.807, 2.05) is 36.5 Å². The maximum absolute atomic E-state index is 5.97. The van der Waals surface area contributed by atoms with Crippen molar-refractivity contribution in [2.75, 3.05) is 6.54 Å². The van der Waals surface area contributed by atoms with E-state index in [9.17, 15) is 0 Å². The molecule has 0 fully saturated rings. The number of hydrogen-bond acceptors (Lipinski definition) is 4. The number of aromatic nitrogens is 2. The van der Waals surface area contributed by atoms with Crippen LogP contribution >= 0.6 is 11.6 Å². The number of benzene rings is 1. The average Bonchev–Trinajstić information content (AvgIpc) is 3.00. The van der Waals surface area contributed by atoms with Gasteiger partial charge in [-0.3, -0.25) is 9.88 Å². The Morgan fingerprint density at radius 3 is 2.83 bits per heavy atom. The SMILES string of the molecule is Clc1ccc(-c2noc3c2CN(Cc2cccnc2)CC3)cc1. The lowest BCUT2D eigenvalue weighted by atomic mass is 10.0. The summed E-state index contributed by atoms with van der Waals surface area (Å²) in [5.41, 5.74) is 4.37. The van der Waals surface area contributed by atoms with Gasteiger partial charge < -0.3 is 4.52 Å². The van der Waals surface area contributed by atoms with Crippen molar-refractivity contribution in [3.63, 3.8) is 0 Å². The predicted molar refractivity (Wildman–Crippen MR) is 89.0 cm³/mol. The number of halogens is 1. The van der Waals surface area contributed by atoms with Crippen molar-refractivity contribution in [2.24, 2.45) is 0 Å². The van der Waals surface area contributed by atoms with E-state index in [4.69, 9.17) is 16.1 Å². The Morgan fingerprint density at radius 2 is 2.04 bits per heavy atom. The molecular weight excluding hydrogens is 310 g/mol. The van der Waals surface area contributed by atoms with Gasteiger partial charge in [0.05, 0.1) is 0 Å². The second-order valence-corrected chi connectivity index (χ2v) is 6.20. The molecule has 1 aliphatic rings. The predicted octanol–water partition coefficient (Wildman–Crippen LogP) is 3.95. The molecule has 5 heteroatoms. The van der Waals surface area contributed by atoms with E-state index in [1.165, 1.54) is 11.1 Å². The third-order valence-electron chi connectivity index (χ3n) is 4.15. The van der Waals surface area contributed by atoms with Crippen molar-refractivity contribution in [1.82, 2.24) is 15.0 Å². The van der Waals surface area contributed by atoms with E-state index in [2.05, 4.69) is 21.1 Å². The Balaban J connectivity index is 1.59. The molecular formula is C18H16ClN3O. The number of rotatable bonds is 3. The topological polar surface area (TPSA) is 42.2 Å². The number of hydrogen-bond donors (Lipinski definition) is 0. The normalized spacial score (nSPS) is 14.7. The highest BCUT2D eigenvalue weighted by Crippen LogP contribution is 2.31. The van der Waals surface area contributed by atoms with Crippen LogP contribution in [0.4, 0.5) is 0 Å². The molecule has 2 aromatic heterocycles. The monoisotopic (exact) mass is 325 g/mol. The van der Waals surface area contributed by atoms with Gasteiger partial charge in [0.2, 0.25) is 0 Å². The standard InChI is InChI=1S/C18H16ClN3O/c19-15-5-3-14(4-6-15)18-16-12-22(9-7-17(16)23-21-18)11-13-2-1-8-20-10-13/h1-6,8,10H,7,9,11-12H2. The Hall–Kier alpha value is -2.17. The molecule has 0 N–H and O–H groups in total. The van der Waals surface area contributed by atoms with Crippen LogP contribution in [0.2, 0.25) is 5.02 Å². The molecule has 3 heterocycles. The van der Waals surface area contributed by atoms with E-state index in [-0.39, 0.29) is 0 Å². The Kier molecular flexibility index (Phi) is 3.85. The molecule has 4 rings (SSSR count). The van der Waals surface area contributed by atoms with Gasteiger partial charge in [-0.15, -0.1) is 0 Å². The largest absolute Gasteiger partial charge is 0.360 e. The zero-order chi connectivity index (χ0) is 15.6. The minimum Gasteiger partial charge on any atom is -0.360 e. The zero-order valence-electron chi connectivity index (χ0n) is 12.6. The van der Waals surface area contributed by atoms with Crippen molar-refractivity contribution in [2.45, 2.75) is 19.5 Å². The molecule has 0 atom stereocenters. The van der Waals surface area contributed by atoms with E-state index in [1.54, 1.807) is 6.20 Å². The number of pyridine rings is 1. The fourth-order valence-electron chi connectivity index (χ4n) is 2.98. The van der Waals surface area contributed by atoms with Crippen LogP contribution in [0.15, 0.2) is 53.3 Å². The summed E-state index contributed by atoms with van der Waals surface area (Å²) in [6.45, 7) is 2.70. The summed E-state index contributed by atoms with van der Waals surface area (Å²) in [4.78, 5) is 6.59. The molecule has 3 aromatic rings. The van der Waals surface area contributed by atoms with Gasteiger partial charge in [-0.05, 0) is 23.8 Å². The first kappa shape index (κ1) is 14.4. The molecule has 4 nitrogen and oxygen atoms in total. The van der Waals surface area contributed by atoms with E-state index < -0.39 is 0 Å². The highest BCUT2D eigenvalue weighted by molar-refractivity contribution is 6.30. The lowest BCUT2D eigenvalue weighted by Gasteiger charge is -2.25. The second kappa shape index (κ2) is 6.14. The molecule has 0 amide bonds. The van der Waals surface area contributed by atoms with Crippen LogP contribution in [-0.2, 0) is 19.5 Å². The van der Waals surface area contributed by atoms with Gasteiger partial charge in [0, 0.05) is 54.6 Å². The molecule has 0 spiro atoms. The molecule has 0 aliphatic carbocycles. The van der Waals surface area contributed by atoms with Crippen molar-refractivity contribution in [3.8, 4) is 11.3 Å². The Labute approximate surface area is 139 Å². The van der Waals surface area contributed by atoms with Crippen LogP contribution in [-0.4, -0.2) is 21.6 Å². The molecule has 0 unspecified atom stereocenters. The number of fused-ring (bicyclic) bond motifs is 1. The molecule has 1 aliphatic heterocycles. The van der Waals surface area contributed by atoms with Gasteiger partial charge in [0.25, 0.3) is 0 Å². The van der Waals surface area contributed by atoms with Crippen molar-refractivity contribution >= 4 is 11.6 Å². The summed E-state index contributed by atoms with van der Waals surface area (Å²) < 4.78 is 5.55. The minimum atomic E-state index is 0.726. The Bertz CT molecular complexity index is 799. The second-order valence-electron chi connectivity index (χ2n) is 5.76. The third-order valence-corrected chi connectivity index (χ3v) is 4.40. The van der Waals surface area contributed by atoms with Gasteiger partial charge in [0.1, 0.15) is 11.5 Å². The first-order chi connectivity index (χ1) is 11.3. The molecule has 0 saturated heterocycles.